The molecule has 0 spiro atoms. The predicted molar refractivity (Wildman–Crippen MR) is 138 cm³/mol. The van der Waals surface area contributed by atoms with Crippen LogP contribution in [-0.2, 0) is 11.2 Å². The first-order valence-corrected chi connectivity index (χ1v) is 12.3. The zero-order valence-electron chi connectivity index (χ0n) is 19.7. The number of halogens is 1. The quantitative estimate of drug-likeness (QED) is 0.384. The minimum Gasteiger partial charge on any atom is -0.494 e. The van der Waals surface area contributed by atoms with Crippen molar-refractivity contribution < 1.29 is 19.4 Å². The molecule has 0 aromatic heterocycles. The highest BCUT2D eigenvalue weighted by atomic mass is 35.5. The number of nitrogens with two attached hydrogens (primary N) is 1. The molecule has 3 aromatic rings. The zero-order valence-corrected chi connectivity index (χ0v) is 20.5. The lowest BCUT2D eigenvalue weighted by molar-refractivity contribution is -0.0916. The first-order valence-electron chi connectivity index (χ1n) is 11.9. The normalized spacial score (nSPS) is 19.8. The molecular weight excluding hydrogens is 464 g/mol. The molecule has 1 amide bonds. The van der Waals surface area contributed by atoms with E-state index in [1.807, 2.05) is 49.4 Å². The van der Waals surface area contributed by atoms with Crippen LogP contribution in [0.15, 0.2) is 66.7 Å². The predicted octanol–water partition coefficient (Wildman–Crippen LogP) is 5.12. The molecule has 1 aliphatic heterocycles. The van der Waals surface area contributed by atoms with Crippen molar-refractivity contribution >= 4 is 23.2 Å². The Bertz CT molecular complexity index is 1150. The maximum absolute atomic E-state index is 11.4. The van der Waals surface area contributed by atoms with Gasteiger partial charge < -0.3 is 25.6 Å². The van der Waals surface area contributed by atoms with E-state index >= 15 is 0 Å². The van der Waals surface area contributed by atoms with Gasteiger partial charge in [0.25, 0.3) is 0 Å². The molecule has 4 N–H and O–H groups in total. The monoisotopic (exact) mass is 494 g/mol. The van der Waals surface area contributed by atoms with Gasteiger partial charge in [0.1, 0.15) is 5.75 Å². The average Bonchev–Trinajstić information content (AvgIpc) is 2.85. The fraction of sp³-hybridized carbons (Fsp3) is 0.321. The smallest absolute Gasteiger partial charge is 0.248 e. The number of nitrogens with one attached hydrogen (secondary N) is 1. The van der Waals surface area contributed by atoms with Crippen LogP contribution in [-0.4, -0.2) is 36.4 Å². The van der Waals surface area contributed by atoms with E-state index in [-0.39, 0.29) is 12.2 Å². The summed E-state index contributed by atoms with van der Waals surface area (Å²) in [5.41, 5.74) is 9.74. The topological polar surface area (TPSA) is 93.8 Å². The van der Waals surface area contributed by atoms with Crippen molar-refractivity contribution in [2.75, 3.05) is 18.5 Å². The summed E-state index contributed by atoms with van der Waals surface area (Å²) in [6.07, 6.45) is 0.853. The lowest BCUT2D eigenvalue weighted by Crippen LogP contribution is -2.35. The van der Waals surface area contributed by atoms with Crippen LogP contribution in [0, 0.1) is 0 Å². The third-order valence-corrected chi connectivity index (χ3v) is 6.50. The molecule has 3 atom stereocenters. The Kier molecular flexibility index (Phi) is 8.29. The summed E-state index contributed by atoms with van der Waals surface area (Å²) in [4.78, 5) is 11.4. The van der Waals surface area contributed by atoms with E-state index in [0.29, 0.717) is 43.0 Å². The Balaban J connectivity index is 1.43. The van der Waals surface area contributed by atoms with E-state index in [1.54, 1.807) is 18.2 Å². The van der Waals surface area contributed by atoms with Gasteiger partial charge in [-0.2, -0.15) is 0 Å². The number of primary amides is 1. The number of amides is 1. The van der Waals surface area contributed by atoms with Crippen molar-refractivity contribution in [1.29, 1.82) is 0 Å². The Morgan fingerprint density at radius 2 is 1.94 bits per heavy atom. The molecule has 1 fully saturated rings. The maximum Gasteiger partial charge on any atom is 0.248 e. The van der Waals surface area contributed by atoms with Crippen molar-refractivity contribution in [2.45, 2.75) is 44.5 Å². The number of aliphatic hydroxyl groups excluding tert-OH is 1. The van der Waals surface area contributed by atoms with Crippen molar-refractivity contribution in [3.8, 4) is 5.75 Å². The summed E-state index contributed by atoms with van der Waals surface area (Å²) >= 11 is 6.52. The van der Waals surface area contributed by atoms with Gasteiger partial charge in [-0.1, -0.05) is 41.9 Å². The van der Waals surface area contributed by atoms with Crippen LogP contribution in [0.5, 0.6) is 5.75 Å². The van der Waals surface area contributed by atoms with Gasteiger partial charge in [-0.25, -0.2) is 0 Å². The molecule has 7 heteroatoms. The van der Waals surface area contributed by atoms with Gasteiger partial charge in [0.15, 0.2) is 0 Å². The van der Waals surface area contributed by atoms with Crippen LogP contribution >= 0.6 is 11.6 Å². The Morgan fingerprint density at radius 1 is 1.14 bits per heavy atom. The molecule has 35 heavy (non-hydrogen) atoms. The van der Waals surface area contributed by atoms with Gasteiger partial charge in [0.05, 0.1) is 24.9 Å². The Morgan fingerprint density at radius 3 is 2.69 bits per heavy atom. The van der Waals surface area contributed by atoms with Crippen molar-refractivity contribution in [1.82, 2.24) is 0 Å². The largest absolute Gasteiger partial charge is 0.494 e. The lowest BCUT2D eigenvalue weighted by Gasteiger charge is -2.34. The molecule has 0 aliphatic carbocycles. The highest BCUT2D eigenvalue weighted by Crippen LogP contribution is 2.34. The second-order valence-corrected chi connectivity index (χ2v) is 9.21. The average molecular weight is 495 g/mol. The van der Waals surface area contributed by atoms with Crippen LogP contribution < -0.4 is 15.8 Å². The number of carbonyl (C=O) groups is 1. The summed E-state index contributed by atoms with van der Waals surface area (Å²) in [6.45, 7) is 3.10. The second kappa shape index (κ2) is 11.6. The van der Waals surface area contributed by atoms with Crippen molar-refractivity contribution in [2.24, 2.45) is 5.73 Å². The summed E-state index contributed by atoms with van der Waals surface area (Å²) in [7, 11) is 0. The third kappa shape index (κ3) is 6.75. The summed E-state index contributed by atoms with van der Waals surface area (Å²) in [6, 6.07) is 21.0. The highest BCUT2D eigenvalue weighted by molar-refractivity contribution is 6.31. The summed E-state index contributed by atoms with van der Waals surface area (Å²) in [5.74, 6) is 0.378. The minimum absolute atomic E-state index is 0.189. The van der Waals surface area contributed by atoms with E-state index in [1.165, 1.54) is 0 Å². The highest BCUT2D eigenvalue weighted by Gasteiger charge is 2.29. The van der Waals surface area contributed by atoms with E-state index in [4.69, 9.17) is 26.8 Å². The van der Waals surface area contributed by atoms with E-state index in [9.17, 15) is 9.90 Å². The van der Waals surface area contributed by atoms with Crippen molar-refractivity contribution in [3.63, 3.8) is 0 Å². The van der Waals surface area contributed by atoms with Crippen LogP contribution in [0.4, 0.5) is 5.69 Å². The molecule has 3 unspecified atom stereocenters. The number of carbonyl (C=O) groups excluding carboxylic acids is 1. The van der Waals surface area contributed by atoms with Gasteiger partial charge >= 0.3 is 0 Å². The Labute approximate surface area is 211 Å². The number of anilines is 1. The Hall–Kier alpha value is -3.06. The van der Waals surface area contributed by atoms with Gasteiger partial charge in [-0.15, -0.1) is 0 Å². The van der Waals surface area contributed by atoms with Crippen LogP contribution in [0.1, 0.15) is 52.9 Å². The molecule has 0 radical (unpaired) electrons. The first kappa shape index (κ1) is 25.0. The lowest BCUT2D eigenvalue weighted by atomic mass is 9.93. The number of ether oxygens (including phenoxy) is 2. The SMILES string of the molecule is CCOc1ccc(Cc2cc(C3CC(O)CC(CNc4cccc(C(N)=O)c4)O3)ccc2Cl)cc1. The first-order chi connectivity index (χ1) is 16.9. The number of aliphatic hydroxyl groups is 1. The van der Waals surface area contributed by atoms with Crippen LogP contribution in [0.3, 0.4) is 0 Å². The van der Waals surface area contributed by atoms with E-state index in [0.717, 1.165) is 28.1 Å². The molecule has 3 aromatic carbocycles. The zero-order chi connectivity index (χ0) is 24.8. The molecule has 1 aliphatic rings. The molecule has 6 nitrogen and oxygen atoms in total. The molecule has 1 heterocycles. The number of rotatable bonds is 9. The van der Waals surface area contributed by atoms with E-state index < -0.39 is 12.0 Å². The number of benzene rings is 3. The third-order valence-electron chi connectivity index (χ3n) is 6.13. The maximum atomic E-state index is 11.4. The van der Waals surface area contributed by atoms with Gasteiger partial charge in [0.2, 0.25) is 5.91 Å². The second-order valence-electron chi connectivity index (χ2n) is 8.80. The van der Waals surface area contributed by atoms with Gasteiger partial charge in [-0.05, 0) is 66.4 Å². The van der Waals surface area contributed by atoms with Crippen LogP contribution in [0.25, 0.3) is 0 Å². The number of hydrogen-bond donors (Lipinski definition) is 3. The number of hydrogen-bond acceptors (Lipinski definition) is 5. The summed E-state index contributed by atoms with van der Waals surface area (Å²) < 4.78 is 11.9. The minimum atomic E-state index is -0.471. The molecular formula is C28H31ClN2O4. The van der Waals surface area contributed by atoms with E-state index in [2.05, 4.69) is 11.4 Å². The fourth-order valence-electron chi connectivity index (χ4n) is 4.37. The fourth-order valence-corrected chi connectivity index (χ4v) is 4.56. The molecule has 0 bridgehead atoms. The van der Waals surface area contributed by atoms with Crippen molar-refractivity contribution in [3.05, 3.63) is 94.0 Å². The van der Waals surface area contributed by atoms with Gasteiger partial charge in [-0.3, -0.25) is 4.79 Å². The molecule has 0 saturated carbocycles. The van der Waals surface area contributed by atoms with Gasteiger partial charge in [0, 0.05) is 35.7 Å². The molecule has 1 saturated heterocycles. The molecule has 184 valence electrons. The molecule has 4 rings (SSSR count). The van der Waals surface area contributed by atoms with Crippen LogP contribution in [0.2, 0.25) is 5.02 Å². The summed E-state index contributed by atoms with van der Waals surface area (Å²) in [5, 5.41) is 14.5. The standard InChI is InChI=1S/C28H31ClN2O4/c1-2-34-24-9-6-18(7-10-24)12-21-13-19(8-11-26(21)29)27-16-23(32)15-25(35-27)17-31-22-5-3-4-20(14-22)28(30)33/h3-11,13-14,23,25,27,31-32H,2,12,15-17H2,1H3,(H2,30,33).